The van der Waals surface area contributed by atoms with Crippen LogP contribution in [-0.4, -0.2) is 50.2 Å². The molecule has 0 radical (unpaired) electrons. The standard InChI is InChI=1S/C22H24N2O5/c1-27-22(26)15-4-7-17(8-5-15)23-21(25)14-24-10-2-3-18(24)16-6-9-19-20(13-16)29-12-11-28-19/h4-9,13,18H,2-3,10-12,14H2,1H3,(H,23,25)/t18-/m0/s1. The number of carbonyl (C=O) groups is 2. The van der Waals surface area contributed by atoms with Crippen molar-refractivity contribution in [1.82, 2.24) is 4.90 Å². The molecule has 1 fully saturated rings. The van der Waals surface area contributed by atoms with Gasteiger partial charge >= 0.3 is 5.97 Å². The van der Waals surface area contributed by atoms with Gasteiger partial charge in [-0.05, 0) is 61.3 Å². The minimum atomic E-state index is -0.401. The molecule has 29 heavy (non-hydrogen) atoms. The summed E-state index contributed by atoms with van der Waals surface area (Å²) in [5, 5.41) is 2.90. The van der Waals surface area contributed by atoms with Crippen LogP contribution in [-0.2, 0) is 9.53 Å². The van der Waals surface area contributed by atoms with Crippen molar-refractivity contribution in [1.29, 1.82) is 0 Å². The molecule has 0 spiro atoms. The van der Waals surface area contributed by atoms with Crippen LogP contribution in [0.2, 0.25) is 0 Å². The molecule has 2 aliphatic rings. The molecule has 0 unspecified atom stereocenters. The molecular formula is C22H24N2O5. The second-order valence-corrected chi connectivity index (χ2v) is 7.15. The van der Waals surface area contributed by atoms with Crippen molar-refractivity contribution < 1.29 is 23.8 Å². The summed E-state index contributed by atoms with van der Waals surface area (Å²) < 4.78 is 16.0. The van der Waals surface area contributed by atoms with Gasteiger partial charge in [-0.3, -0.25) is 9.69 Å². The molecule has 7 nitrogen and oxygen atoms in total. The first-order valence-electron chi connectivity index (χ1n) is 9.76. The van der Waals surface area contributed by atoms with E-state index in [9.17, 15) is 9.59 Å². The van der Waals surface area contributed by atoms with E-state index >= 15 is 0 Å². The van der Waals surface area contributed by atoms with Crippen LogP contribution in [0.3, 0.4) is 0 Å². The van der Waals surface area contributed by atoms with Crippen molar-refractivity contribution in [3.63, 3.8) is 0 Å². The highest BCUT2D eigenvalue weighted by atomic mass is 16.6. The van der Waals surface area contributed by atoms with E-state index in [1.165, 1.54) is 7.11 Å². The zero-order valence-corrected chi connectivity index (χ0v) is 16.3. The van der Waals surface area contributed by atoms with E-state index < -0.39 is 5.97 Å². The number of hydrogen-bond acceptors (Lipinski definition) is 6. The maximum absolute atomic E-state index is 12.6. The first-order valence-corrected chi connectivity index (χ1v) is 9.76. The van der Waals surface area contributed by atoms with Gasteiger partial charge in [0.2, 0.25) is 5.91 Å². The molecule has 7 heteroatoms. The number of amides is 1. The number of rotatable bonds is 5. The molecule has 0 bridgehead atoms. The number of ether oxygens (including phenoxy) is 3. The lowest BCUT2D eigenvalue weighted by Gasteiger charge is -2.26. The molecule has 0 aliphatic carbocycles. The molecular weight excluding hydrogens is 372 g/mol. The third kappa shape index (κ3) is 4.35. The highest BCUT2D eigenvalue weighted by Gasteiger charge is 2.28. The Morgan fingerprint density at radius 3 is 2.62 bits per heavy atom. The molecule has 2 heterocycles. The maximum Gasteiger partial charge on any atom is 0.337 e. The number of carbonyl (C=O) groups excluding carboxylic acids is 2. The van der Waals surface area contributed by atoms with Gasteiger partial charge in [0.05, 0.1) is 19.2 Å². The van der Waals surface area contributed by atoms with Gasteiger partial charge in [-0.25, -0.2) is 4.79 Å². The molecule has 0 saturated carbocycles. The number of benzene rings is 2. The Hall–Kier alpha value is -3.06. The minimum Gasteiger partial charge on any atom is -0.486 e. The van der Waals surface area contributed by atoms with Gasteiger partial charge in [0.1, 0.15) is 13.2 Å². The number of esters is 1. The summed E-state index contributed by atoms with van der Waals surface area (Å²) in [6, 6.07) is 12.9. The van der Waals surface area contributed by atoms with E-state index in [0.29, 0.717) is 31.0 Å². The summed E-state index contributed by atoms with van der Waals surface area (Å²) in [7, 11) is 1.34. The van der Waals surface area contributed by atoms with Crippen LogP contribution in [0.25, 0.3) is 0 Å². The Kier molecular flexibility index (Phi) is 5.67. The number of methoxy groups -OCH3 is 1. The first-order chi connectivity index (χ1) is 14.1. The Morgan fingerprint density at radius 1 is 1.10 bits per heavy atom. The van der Waals surface area contributed by atoms with Gasteiger partial charge < -0.3 is 19.5 Å². The Labute approximate surface area is 169 Å². The summed E-state index contributed by atoms with van der Waals surface area (Å²) in [6.07, 6.45) is 2.04. The fraction of sp³-hybridized carbons (Fsp3) is 0.364. The lowest BCUT2D eigenvalue weighted by atomic mass is 10.0. The topological polar surface area (TPSA) is 77.1 Å². The molecule has 2 aliphatic heterocycles. The predicted molar refractivity (Wildman–Crippen MR) is 107 cm³/mol. The second-order valence-electron chi connectivity index (χ2n) is 7.15. The van der Waals surface area contributed by atoms with Crippen LogP contribution in [0.1, 0.15) is 34.8 Å². The molecule has 2 aromatic carbocycles. The third-order valence-electron chi connectivity index (χ3n) is 5.25. The smallest absolute Gasteiger partial charge is 0.337 e. The highest BCUT2D eigenvalue weighted by molar-refractivity contribution is 5.94. The van der Waals surface area contributed by atoms with Crippen molar-refractivity contribution in [2.75, 3.05) is 38.7 Å². The number of anilines is 1. The van der Waals surface area contributed by atoms with Crippen molar-refractivity contribution in [3.05, 3.63) is 53.6 Å². The van der Waals surface area contributed by atoms with Crippen molar-refractivity contribution >= 4 is 17.6 Å². The van der Waals surface area contributed by atoms with Gasteiger partial charge in [0, 0.05) is 11.7 Å². The van der Waals surface area contributed by atoms with E-state index in [0.717, 1.165) is 36.4 Å². The summed E-state index contributed by atoms with van der Waals surface area (Å²) in [5.74, 6) is 1.07. The van der Waals surface area contributed by atoms with Crippen LogP contribution in [0.4, 0.5) is 5.69 Å². The highest BCUT2D eigenvalue weighted by Crippen LogP contribution is 2.37. The van der Waals surface area contributed by atoms with Gasteiger partial charge in [0.25, 0.3) is 0 Å². The number of nitrogens with zero attached hydrogens (tertiary/aromatic N) is 1. The lowest BCUT2D eigenvalue weighted by Crippen LogP contribution is -2.33. The van der Waals surface area contributed by atoms with E-state index in [2.05, 4.69) is 21.0 Å². The fourth-order valence-corrected chi connectivity index (χ4v) is 3.85. The molecule has 1 N–H and O–H groups in total. The first kappa shape index (κ1) is 19.3. The number of nitrogens with one attached hydrogen (secondary N) is 1. The molecule has 0 aromatic heterocycles. The normalized spacial score (nSPS) is 18.3. The molecule has 1 atom stereocenters. The van der Waals surface area contributed by atoms with Crippen molar-refractivity contribution in [2.45, 2.75) is 18.9 Å². The number of hydrogen-bond donors (Lipinski definition) is 1. The van der Waals surface area contributed by atoms with E-state index in [4.69, 9.17) is 9.47 Å². The molecule has 4 rings (SSSR count). The van der Waals surface area contributed by atoms with E-state index in [1.54, 1.807) is 24.3 Å². The zero-order chi connectivity index (χ0) is 20.2. The van der Waals surface area contributed by atoms with Gasteiger partial charge in [-0.2, -0.15) is 0 Å². The summed E-state index contributed by atoms with van der Waals surface area (Å²) >= 11 is 0. The van der Waals surface area contributed by atoms with Crippen LogP contribution in [0, 0.1) is 0 Å². The number of likely N-dealkylation sites (tertiary alicyclic amines) is 1. The minimum absolute atomic E-state index is 0.0831. The molecule has 2 aromatic rings. The Morgan fingerprint density at radius 2 is 1.86 bits per heavy atom. The monoisotopic (exact) mass is 396 g/mol. The van der Waals surface area contributed by atoms with Crippen molar-refractivity contribution in [2.24, 2.45) is 0 Å². The maximum atomic E-state index is 12.6. The SMILES string of the molecule is COC(=O)c1ccc(NC(=O)CN2CCC[C@H]2c2ccc3c(c2)OCCO3)cc1. The largest absolute Gasteiger partial charge is 0.486 e. The van der Waals surface area contributed by atoms with Gasteiger partial charge in [-0.15, -0.1) is 0 Å². The lowest BCUT2D eigenvalue weighted by molar-refractivity contribution is -0.117. The average molecular weight is 396 g/mol. The van der Waals surface area contributed by atoms with Crippen molar-refractivity contribution in [3.8, 4) is 11.5 Å². The quantitative estimate of drug-likeness (QED) is 0.783. The predicted octanol–water partition coefficient (Wildman–Crippen LogP) is 3.02. The van der Waals surface area contributed by atoms with Crippen LogP contribution in [0.15, 0.2) is 42.5 Å². The van der Waals surface area contributed by atoms with E-state index in [-0.39, 0.29) is 11.9 Å². The molecule has 152 valence electrons. The Balaban J connectivity index is 1.39. The molecule has 1 saturated heterocycles. The van der Waals surface area contributed by atoms with Crippen LogP contribution >= 0.6 is 0 Å². The van der Waals surface area contributed by atoms with E-state index in [1.807, 2.05) is 12.1 Å². The van der Waals surface area contributed by atoms with Gasteiger partial charge in [-0.1, -0.05) is 6.07 Å². The summed E-state index contributed by atoms with van der Waals surface area (Å²) in [4.78, 5) is 26.3. The summed E-state index contributed by atoms with van der Waals surface area (Å²) in [5.41, 5.74) is 2.24. The third-order valence-corrected chi connectivity index (χ3v) is 5.25. The Bertz CT molecular complexity index is 897. The number of fused-ring (bicyclic) bond motifs is 1. The van der Waals surface area contributed by atoms with Gasteiger partial charge in [0.15, 0.2) is 11.5 Å². The summed E-state index contributed by atoms with van der Waals surface area (Å²) in [6.45, 7) is 2.30. The average Bonchev–Trinajstić information content (AvgIpc) is 3.21. The van der Waals surface area contributed by atoms with Crippen LogP contribution < -0.4 is 14.8 Å². The van der Waals surface area contributed by atoms with Crippen LogP contribution in [0.5, 0.6) is 11.5 Å². The fourth-order valence-electron chi connectivity index (χ4n) is 3.85. The second kappa shape index (κ2) is 8.53. The zero-order valence-electron chi connectivity index (χ0n) is 16.3. The molecule has 1 amide bonds.